The van der Waals surface area contributed by atoms with E-state index in [1.54, 1.807) is 0 Å². The van der Waals surface area contributed by atoms with Crippen molar-refractivity contribution in [3.8, 4) is 5.75 Å². The minimum atomic E-state index is -4.36. The maximum absolute atomic E-state index is 12.6. The topological polar surface area (TPSA) is 118 Å². The van der Waals surface area contributed by atoms with Crippen LogP contribution in [0.15, 0.2) is 24.3 Å². The first-order chi connectivity index (χ1) is 14.7. The fourth-order valence-corrected chi connectivity index (χ4v) is 2.41. The zero-order valence-electron chi connectivity index (χ0n) is 16.9. The van der Waals surface area contributed by atoms with E-state index in [-0.39, 0.29) is 12.4 Å². The van der Waals surface area contributed by atoms with Crippen LogP contribution in [0.25, 0.3) is 0 Å². The number of carbonyl (C=O) groups is 2. The van der Waals surface area contributed by atoms with Gasteiger partial charge >= 0.3 is 18.1 Å². The van der Waals surface area contributed by atoms with Crippen molar-refractivity contribution in [1.29, 1.82) is 0 Å². The minimum Gasteiger partial charge on any atom is -0.491 e. The SMILES string of the molecule is FC(F)(F)c1cccc(OCCOCCNCCN2CCOCC2)c1.O=C(O)C(=O)O. The van der Waals surface area contributed by atoms with Gasteiger partial charge in [-0.1, -0.05) is 6.07 Å². The molecule has 0 aromatic heterocycles. The Morgan fingerprint density at radius 2 is 1.74 bits per heavy atom. The van der Waals surface area contributed by atoms with Crippen LogP contribution in [0.1, 0.15) is 5.56 Å². The van der Waals surface area contributed by atoms with Gasteiger partial charge in [-0.3, -0.25) is 4.90 Å². The predicted octanol–water partition coefficient (Wildman–Crippen LogP) is 1.18. The molecule has 176 valence electrons. The van der Waals surface area contributed by atoms with Crippen molar-refractivity contribution in [3.05, 3.63) is 29.8 Å². The van der Waals surface area contributed by atoms with Crippen LogP contribution >= 0.6 is 0 Å². The van der Waals surface area contributed by atoms with Crippen molar-refractivity contribution < 1.29 is 47.2 Å². The zero-order chi connectivity index (χ0) is 23.1. The van der Waals surface area contributed by atoms with Gasteiger partial charge in [0.25, 0.3) is 0 Å². The standard InChI is InChI=1S/C17H25F3N2O3.C2H2O4/c18-17(19,20)15-2-1-3-16(14-15)25-13-12-23-9-5-21-4-6-22-7-10-24-11-8-22;3-1(4)2(5)6/h1-3,14,21H,4-13H2;(H,3,4)(H,5,6). The predicted molar refractivity (Wildman–Crippen MR) is 103 cm³/mol. The number of rotatable bonds is 10. The molecule has 1 aromatic carbocycles. The van der Waals surface area contributed by atoms with Crippen LogP contribution in [-0.4, -0.2) is 92.8 Å². The third kappa shape index (κ3) is 12.8. The van der Waals surface area contributed by atoms with Crippen LogP contribution in [0.2, 0.25) is 0 Å². The average molecular weight is 452 g/mol. The number of nitrogens with zero attached hydrogens (tertiary/aromatic N) is 1. The summed E-state index contributed by atoms with van der Waals surface area (Å²) in [7, 11) is 0. The zero-order valence-corrected chi connectivity index (χ0v) is 16.9. The maximum atomic E-state index is 12.6. The second-order valence-corrected chi connectivity index (χ2v) is 6.30. The van der Waals surface area contributed by atoms with Gasteiger partial charge in [0.15, 0.2) is 0 Å². The molecule has 0 aliphatic carbocycles. The number of hydrogen-bond donors (Lipinski definition) is 3. The van der Waals surface area contributed by atoms with E-state index in [1.807, 2.05) is 0 Å². The Kier molecular flexibility index (Phi) is 12.5. The molecule has 9 nitrogen and oxygen atoms in total. The number of morpholine rings is 1. The van der Waals surface area contributed by atoms with Crippen LogP contribution in [0.4, 0.5) is 13.2 Å². The van der Waals surface area contributed by atoms with Crippen LogP contribution < -0.4 is 10.1 Å². The first kappa shape index (κ1) is 26.6. The van der Waals surface area contributed by atoms with Crippen LogP contribution in [0, 0.1) is 0 Å². The molecule has 0 amide bonds. The second kappa shape index (κ2) is 14.6. The number of hydrogen-bond acceptors (Lipinski definition) is 7. The lowest BCUT2D eigenvalue weighted by atomic mass is 10.2. The van der Waals surface area contributed by atoms with Gasteiger partial charge in [-0.25, -0.2) is 9.59 Å². The number of carboxylic acid groups (broad SMARTS) is 2. The van der Waals surface area contributed by atoms with E-state index in [0.29, 0.717) is 13.2 Å². The summed E-state index contributed by atoms with van der Waals surface area (Å²) in [4.78, 5) is 20.5. The molecule has 1 fully saturated rings. The van der Waals surface area contributed by atoms with E-state index < -0.39 is 23.7 Å². The number of nitrogens with one attached hydrogen (secondary N) is 1. The number of aliphatic carboxylic acids is 2. The molecule has 3 N–H and O–H groups in total. The van der Waals surface area contributed by atoms with Crippen LogP contribution in [0.5, 0.6) is 5.75 Å². The molecule has 1 aliphatic rings. The van der Waals surface area contributed by atoms with Crippen LogP contribution in [0.3, 0.4) is 0 Å². The lowest BCUT2D eigenvalue weighted by molar-refractivity contribution is -0.159. The van der Waals surface area contributed by atoms with Crippen LogP contribution in [-0.2, 0) is 25.2 Å². The largest absolute Gasteiger partial charge is 0.491 e. The van der Waals surface area contributed by atoms with Gasteiger partial charge in [-0.2, -0.15) is 13.2 Å². The molecule has 31 heavy (non-hydrogen) atoms. The highest BCUT2D eigenvalue weighted by Crippen LogP contribution is 2.31. The highest BCUT2D eigenvalue weighted by atomic mass is 19.4. The normalized spacial score (nSPS) is 14.4. The van der Waals surface area contributed by atoms with Crippen molar-refractivity contribution in [2.45, 2.75) is 6.18 Å². The summed E-state index contributed by atoms with van der Waals surface area (Å²) in [6.45, 7) is 7.26. The van der Waals surface area contributed by atoms with Gasteiger partial charge in [0, 0.05) is 32.7 Å². The van der Waals surface area contributed by atoms with Gasteiger partial charge in [0.1, 0.15) is 12.4 Å². The third-order valence-electron chi connectivity index (χ3n) is 3.97. The lowest BCUT2D eigenvalue weighted by Crippen LogP contribution is -2.40. The molecule has 12 heteroatoms. The highest BCUT2D eigenvalue weighted by Gasteiger charge is 2.30. The van der Waals surface area contributed by atoms with E-state index in [9.17, 15) is 13.2 Å². The smallest absolute Gasteiger partial charge is 0.416 e. The maximum Gasteiger partial charge on any atom is 0.416 e. The number of benzene rings is 1. The Bertz CT molecular complexity index is 656. The Labute approximate surface area is 177 Å². The van der Waals surface area contributed by atoms with Crippen molar-refractivity contribution in [3.63, 3.8) is 0 Å². The van der Waals surface area contributed by atoms with Crippen molar-refractivity contribution in [2.75, 3.05) is 65.8 Å². The Morgan fingerprint density at radius 1 is 1.06 bits per heavy atom. The fourth-order valence-electron chi connectivity index (χ4n) is 2.41. The average Bonchev–Trinajstić information content (AvgIpc) is 2.73. The first-order valence-electron chi connectivity index (χ1n) is 9.55. The first-order valence-corrected chi connectivity index (χ1v) is 9.55. The summed E-state index contributed by atoms with van der Waals surface area (Å²) >= 11 is 0. The second-order valence-electron chi connectivity index (χ2n) is 6.30. The molecule has 1 heterocycles. The monoisotopic (exact) mass is 452 g/mol. The number of halogens is 3. The van der Waals surface area contributed by atoms with Gasteiger partial charge in [-0.15, -0.1) is 0 Å². The molecule has 0 unspecified atom stereocenters. The number of carboxylic acids is 2. The summed E-state index contributed by atoms with van der Waals surface area (Å²) in [5.74, 6) is -3.45. The quantitative estimate of drug-likeness (QED) is 0.355. The van der Waals surface area contributed by atoms with E-state index in [0.717, 1.165) is 58.1 Å². The van der Waals surface area contributed by atoms with E-state index >= 15 is 0 Å². The number of ether oxygens (including phenoxy) is 3. The minimum absolute atomic E-state index is 0.196. The molecule has 1 saturated heterocycles. The molecule has 0 spiro atoms. The van der Waals surface area contributed by atoms with Crippen molar-refractivity contribution in [2.24, 2.45) is 0 Å². The molecule has 0 bridgehead atoms. The van der Waals surface area contributed by atoms with Gasteiger partial charge in [0.2, 0.25) is 0 Å². The fraction of sp³-hybridized carbons (Fsp3) is 0.579. The summed E-state index contributed by atoms with van der Waals surface area (Å²) in [5.41, 5.74) is -0.713. The van der Waals surface area contributed by atoms with E-state index in [4.69, 9.17) is 34.0 Å². The summed E-state index contributed by atoms with van der Waals surface area (Å²) in [5, 5.41) is 18.1. The molecule has 0 radical (unpaired) electrons. The van der Waals surface area contributed by atoms with Crippen molar-refractivity contribution in [1.82, 2.24) is 10.2 Å². The molecule has 2 rings (SSSR count). The third-order valence-corrected chi connectivity index (χ3v) is 3.97. The molecular weight excluding hydrogens is 425 g/mol. The molecule has 0 saturated carbocycles. The highest BCUT2D eigenvalue weighted by molar-refractivity contribution is 6.27. The van der Waals surface area contributed by atoms with Crippen molar-refractivity contribution >= 4 is 11.9 Å². The summed E-state index contributed by atoms with van der Waals surface area (Å²) in [6, 6.07) is 4.85. The Hall–Kier alpha value is -2.41. The summed E-state index contributed by atoms with van der Waals surface area (Å²) in [6.07, 6.45) is -4.36. The van der Waals surface area contributed by atoms with E-state index in [2.05, 4.69) is 10.2 Å². The summed E-state index contributed by atoms with van der Waals surface area (Å²) < 4.78 is 53.7. The van der Waals surface area contributed by atoms with E-state index in [1.165, 1.54) is 12.1 Å². The molecule has 1 aliphatic heterocycles. The van der Waals surface area contributed by atoms with Gasteiger partial charge in [0.05, 0.1) is 32.0 Å². The lowest BCUT2D eigenvalue weighted by Gasteiger charge is -2.26. The van der Waals surface area contributed by atoms with Gasteiger partial charge in [-0.05, 0) is 18.2 Å². The Morgan fingerprint density at radius 3 is 2.35 bits per heavy atom. The Balaban J connectivity index is 0.000000703. The molecular formula is C19H27F3N2O7. The van der Waals surface area contributed by atoms with Gasteiger partial charge < -0.3 is 29.7 Å². The number of alkyl halides is 3. The molecule has 0 atom stereocenters. The molecule has 1 aromatic rings.